The molecule has 0 fully saturated rings. The first kappa shape index (κ1) is 16.4. The van der Waals surface area contributed by atoms with Gasteiger partial charge in [-0.25, -0.2) is 9.38 Å². The molecule has 1 rings (SSSR count). The number of halogens is 1. The fourth-order valence-corrected chi connectivity index (χ4v) is 1.80. The normalized spacial score (nSPS) is 13.0. The summed E-state index contributed by atoms with van der Waals surface area (Å²) in [5.41, 5.74) is 12.9. The van der Waals surface area contributed by atoms with Gasteiger partial charge in [0, 0.05) is 19.5 Å². The van der Waals surface area contributed by atoms with E-state index in [2.05, 4.69) is 55.3 Å². The third-order valence-corrected chi connectivity index (χ3v) is 3.00. The minimum Gasteiger partial charge on any atom is -0.370 e. The van der Waals surface area contributed by atoms with Crippen molar-refractivity contribution in [2.75, 3.05) is 6.54 Å². The van der Waals surface area contributed by atoms with Crippen LogP contribution >= 0.6 is 0 Å². The number of benzene rings is 1. The van der Waals surface area contributed by atoms with Crippen LogP contribution in [0.25, 0.3) is 0 Å². The van der Waals surface area contributed by atoms with E-state index < -0.39 is 6.30 Å². The summed E-state index contributed by atoms with van der Waals surface area (Å²) >= 11 is 0. The molecule has 5 heteroatoms. The molecule has 1 atom stereocenters. The molecular weight excluding hydrogens is 255 g/mol. The molecule has 0 aliphatic rings. The summed E-state index contributed by atoms with van der Waals surface area (Å²) in [6.07, 6.45) is -1.08. The van der Waals surface area contributed by atoms with E-state index in [0.717, 1.165) is 0 Å². The number of rotatable bonds is 6. The van der Waals surface area contributed by atoms with Gasteiger partial charge < -0.3 is 16.8 Å². The van der Waals surface area contributed by atoms with Gasteiger partial charge in [0.15, 0.2) is 12.3 Å². The van der Waals surface area contributed by atoms with Crippen LogP contribution in [0.4, 0.5) is 4.39 Å². The highest BCUT2D eigenvalue weighted by molar-refractivity contribution is 5.75. The Bertz CT molecular complexity index is 430. The Morgan fingerprint density at radius 1 is 1.25 bits per heavy atom. The van der Waals surface area contributed by atoms with Crippen molar-refractivity contribution in [3.05, 3.63) is 35.4 Å². The molecule has 0 spiro atoms. The average Bonchev–Trinajstić information content (AvgIpc) is 2.33. The van der Waals surface area contributed by atoms with Gasteiger partial charge in [-0.15, -0.1) is 0 Å². The summed E-state index contributed by atoms with van der Waals surface area (Å²) in [4.78, 5) is 3.43. The Kier molecular flexibility index (Phi) is 5.95. The van der Waals surface area contributed by atoms with Gasteiger partial charge in [0.05, 0.1) is 0 Å². The lowest BCUT2D eigenvalue weighted by Gasteiger charge is -2.19. The minimum atomic E-state index is -1.34. The number of hydrogen-bond donors (Lipinski definition) is 3. The number of guanidine groups is 1. The second-order valence-corrected chi connectivity index (χ2v) is 5.90. The zero-order chi connectivity index (χ0) is 15.2. The van der Waals surface area contributed by atoms with E-state index in [1.165, 1.54) is 11.1 Å². The van der Waals surface area contributed by atoms with Crippen molar-refractivity contribution in [2.45, 2.75) is 45.4 Å². The number of alkyl halides is 1. The summed E-state index contributed by atoms with van der Waals surface area (Å²) in [5.74, 6) is -0.213. The highest BCUT2D eigenvalue weighted by Crippen LogP contribution is 2.22. The maximum Gasteiger partial charge on any atom is 0.194 e. The summed E-state index contributed by atoms with van der Waals surface area (Å²) in [6, 6.07) is 8.45. The van der Waals surface area contributed by atoms with Gasteiger partial charge in [-0.2, -0.15) is 0 Å². The van der Waals surface area contributed by atoms with Crippen molar-refractivity contribution in [3.8, 4) is 0 Å². The molecule has 0 heterocycles. The molecular formula is C15H25FN4. The third-order valence-electron chi connectivity index (χ3n) is 3.00. The first-order valence-corrected chi connectivity index (χ1v) is 6.82. The number of nitrogens with one attached hydrogen (secondary N) is 1. The van der Waals surface area contributed by atoms with Crippen molar-refractivity contribution in [1.82, 2.24) is 5.32 Å². The van der Waals surface area contributed by atoms with Gasteiger partial charge >= 0.3 is 0 Å². The van der Waals surface area contributed by atoms with Crippen LogP contribution in [0.15, 0.2) is 29.3 Å². The molecule has 0 radical (unpaired) electrons. The van der Waals surface area contributed by atoms with Crippen LogP contribution in [0.2, 0.25) is 0 Å². The zero-order valence-electron chi connectivity index (χ0n) is 12.5. The van der Waals surface area contributed by atoms with E-state index >= 15 is 0 Å². The van der Waals surface area contributed by atoms with E-state index in [0.29, 0.717) is 13.1 Å². The van der Waals surface area contributed by atoms with Gasteiger partial charge in [0.1, 0.15) is 0 Å². The quantitative estimate of drug-likeness (QED) is 0.323. The second-order valence-electron chi connectivity index (χ2n) is 5.90. The van der Waals surface area contributed by atoms with Crippen LogP contribution in [0.5, 0.6) is 0 Å². The lowest BCUT2D eigenvalue weighted by Crippen LogP contribution is -2.25. The number of nitrogens with two attached hydrogens (primary N) is 2. The van der Waals surface area contributed by atoms with Crippen LogP contribution in [0.3, 0.4) is 0 Å². The third kappa shape index (κ3) is 6.02. The molecule has 0 amide bonds. The molecule has 0 aromatic heterocycles. The smallest absolute Gasteiger partial charge is 0.194 e. The maximum atomic E-state index is 13.2. The van der Waals surface area contributed by atoms with Crippen molar-refractivity contribution in [2.24, 2.45) is 16.5 Å². The van der Waals surface area contributed by atoms with Gasteiger partial charge in [0.2, 0.25) is 0 Å². The molecule has 112 valence electrons. The molecule has 1 aromatic rings. The summed E-state index contributed by atoms with van der Waals surface area (Å²) < 4.78 is 13.2. The summed E-state index contributed by atoms with van der Waals surface area (Å²) in [5, 5.41) is 3.17. The Labute approximate surface area is 120 Å². The number of nitrogens with zero attached hydrogens (tertiary/aromatic N) is 1. The lowest BCUT2D eigenvalue weighted by atomic mass is 9.87. The fraction of sp³-hybridized carbons (Fsp3) is 0.533. The topological polar surface area (TPSA) is 76.4 Å². The molecule has 1 unspecified atom stereocenters. The predicted molar refractivity (Wildman–Crippen MR) is 82.2 cm³/mol. The van der Waals surface area contributed by atoms with Crippen molar-refractivity contribution >= 4 is 5.96 Å². The van der Waals surface area contributed by atoms with Crippen molar-refractivity contribution < 1.29 is 4.39 Å². The average molecular weight is 280 g/mol. The van der Waals surface area contributed by atoms with Crippen LogP contribution in [0.1, 0.15) is 38.3 Å². The van der Waals surface area contributed by atoms with Crippen LogP contribution in [-0.2, 0) is 12.0 Å². The molecule has 1 aromatic carbocycles. The lowest BCUT2D eigenvalue weighted by molar-refractivity contribution is 0.322. The van der Waals surface area contributed by atoms with E-state index in [4.69, 9.17) is 11.5 Å². The van der Waals surface area contributed by atoms with Crippen LogP contribution in [-0.4, -0.2) is 18.8 Å². The predicted octanol–water partition coefficient (Wildman–Crippen LogP) is 2.03. The van der Waals surface area contributed by atoms with Gasteiger partial charge in [0.25, 0.3) is 0 Å². The Morgan fingerprint density at radius 3 is 2.35 bits per heavy atom. The Morgan fingerprint density at radius 2 is 1.85 bits per heavy atom. The first-order chi connectivity index (χ1) is 9.29. The Hall–Kier alpha value is -1.62. The molecule has 4 nitrogen and oxygen atoms in total. The monoisotopic (exact) mass is 280 g/mol. The van der Waals surface area contributed by atoms with E-state index in [-0.39, 0.29) is 17.8 Å². The first-order valence-electron chi connectivity index (χ1n) is 6.82. The highest BCUT2D eigenvalue weighted by atomic mass is 19.1. The largest absolute Gasteiger partial charge is 0.370 e. The zero-order valence-corrected chi connectivity index (χ0v) is 12.5. The second kappa shape index (κ2) is 7.24. The summed E-state index contributed by atoms with van der Waals surface area (Å²) in [7, 11) is 0. The molecule has 0 aliphatic carbocycles. The molecule has 0 saturated heterocycles. The summed E-state index contributed by atoms with van der Waals surface area (Å²) in [6.45, 7) is 7.79. The Balaban J connectivity index is 2.34. The number of hydrogen-bond acceptors (Lipinski definition) is 2. The van der Waals surface area contributed by atoms with E-state index in [1.807, 2.05) is 0 Å². The van der Waals surface area contributed by atoms with Gasteiger partial charge in [-0.3, -0.25) is 0 Å². The van der Waals surface area contributed by atoms with Crippen molar-refractivity contribution in [3.63, 3.8) is 0 Å². The fourth-order valence-electron chi connectivity index (χ4n) is 1.80. The maximum absolute atomic E-state index is 13.2. The van der Waals surface area contributed by atoms with Crippen LogP contribution in [0, 0.1) is 0 Å². The standard InChI is InChI=1S/C15H25FN4/c1-15(2,3)12-6-4-11(5-7-12)10-19-9-8-13(16)20-14(17)18/h4-7,13,19H,8-10H2,1-3H3,(H4,17,18,20). The molecule has 5 N–H and O–H groups in total. The van der Waals surface area contributed by atoms with Crippen molar-refractivity contribution in [1.29, 1.82) is 0 Å². The van der Waals surface area contributed by atoms with Crippen LogP contribution < -0.4 is 16.8 Å². The van der Waals surface area contributed by atoms with Gasteiger partial charge in [-0.05, 0) is 16.5 Å². The highest BCUT2D eigenvalue weighted by Gasteiger charge is 2.12. The molecule has 20 heavy (non-hydrogen) atoms. The SMILES string of the molecule is CC(C)(C)c1ccc(CNCCC(F)N=C(N)N)cc1. The van der Waals surface area contributed by atoms with E-state index in [1.54, 1.807) is 0 Å². The minimum absolute atomic E-state index is 0.160. The number of aliphatic imine (C=N–C) groups is 1. The molecule has 0 saturated carbocycles. The van der Waals surface area contributed by atoms with Gasteiger partial charge in [-0.1, -0.05) is 45.0 Å². The van der Waals surface area contributed by atoms with E-state index in [9.17, 15) is 4.39 Å². The molecule has 0 bridgehead atoms. The molecule has 0 aliphatic heterocycles.